The molecule has 0 heterocycles. The molecule has 1 aromatic rings. The van der Waals surface area contributed by atoms with Crippen LogP contribution in [0.3, 0.4) is 0 Å². The Labute approximate surface area is 103 Å². The number of nitrogens with two attached hydrogens (primary N) is 1. The number of hydrogen-bond acceptors (Lipinski definition) is 3. The second kappa shape index (κ2) is 6.91. The number of amidine groups is 1. The van der Waals surface area contributed by atoms with Gasteiger partial charge in [-0.05, 0) is 25.2 Å². The minimum atomic E-state index is 0.0687. The van der Waals surface area contributed by atoms with Gasteiger partial charge in [0, 0.05) is 12.1 Å². The van der Waals surface area contributed by atoms with Crippen LogP contribution in [-0.2, 0) is 0 Å². The lowest BCUT2D eigenvalue weighted by Gasteiger charge is -2.18. The summed E-state index contributed by atoms with van der Waals surface area (Å²) in [6, 6.07) is 7.34. The average Bonchev–Trinajstić information content (AvgIpc) is 2.35. The van der Waals surface area contributed by atoms with Crippen LogP contribution in [0.2, 0.25) is 0 Å². The van der Waals surface area contributed by atoms with Gasteiger partial charge in [-0.25, -0.2) is 0 Å². The summed E-state index contributed by atoms with van der Waals surface area (Å²) in [5.74, 6) is 0.837. The first-order valence-electron chi connectivity index (χ1n) is 5.97. The zero-order valence-corrected chi connectivity index (χ0v) is 10.6. The van der Waals surface area contributed by atoms with Crippen molar-refractivity contribution in [2.75, 3.05) is 26.2 Å². The fourth-order valence-corrected chi connectivity index (χ4v) is 1.59. The molecular formula is C13H21N3O. The lowest BCUT2D eigenvalue weighted by atomic mass is 10.2. The van der Waals surface area contributed by atoms with E-state index in [9.17, 15) is 0 Å². The van der Waals surface area contributed by atoms with Crippen molar-refractivity contribution in [1.29, 1.82) is 5.41 Å². The molecule has 0 saturated heterocycles. The summed E-state index contributed by atoms with van der Waals surface area (Å²) in [6.45, 7) is 7.92. The van der Waals surface area contributed by atoms with Crippen LogP contribution >= 0.6 is 0 Å². The van der Waals surface area contributed by atoms with E-state index in [0.29, 0.717) is 12.2 Å². The summed E-state index contributed by atoms with van der Waals surface area (Å²) >= 11 is 0. The fraction of sp³-hybridized carbons (Fsp3) is 0.462. The highest BCUT2D eigenvalue weighted by atomic mass is 16.5. The topological polar surface area (TPSA) is 62.3 Å². The molecule has 0 aliphatic rings. The number of nitrogen functional groups attached to an aromatic ring is 1. The van der Waals surface area contributed by atoms with E-state index in [1.807, 2.05) is 12.1 Å². The van der Waals surface area contributed by atoms with Gasteiger partial charge in [0.2, 0.25) is 0 Å². The second-order valence-corrected chi connectivity index (χ2v) is 3.82. The number of likely N-dealkylation sites (N-methyl/N-ethyl adjacent to an activating group) is 1. The molecule has 4 nitrogen and oxygen atoms in total. The summed E-state index contributed by atoms with van der Waals surface area (Å²) in [5.41, 5.74) is 6.12. The summed E-state index contributed by atoms with van der Waals surface area (Å²) in [5, 5.41) is 7.35. The van der Waals surface area contributed by atoms with Crippen LogP contribution in [0.5, 0.6) is 5.75 Å². The molecule has 0 radical (unpaired) electrons. The predicted octanol–water partition coefficient (Wildman–Crippen LogP) is 1.69. The molecule has 94 valence electrons. The van der Waals surface area contributed by atoms with Crippen LogP contribution in [0.4, 0.5) is 0 Å². The van der Waals surface area contributed by atoms with Gasteiger partial charge in [-0.3, -0.25) is 5.41 Å². The van der Waals surface area contributed by atoms with Crippen molar-refractivity contribution in [3.05, 3.63) is 29.8 Å². The molecule has 17 heavy (non-hydrogen) atoms. The van der Waals surface area contributed by atoms with E-state index < -0.39 is 0 Å². The van der Waals surface area contributed by atoms with Gasteiger partial charge >= 0.3 is 0 Å². The third-order valence-corrected chi connectivity index (χ3v) is 2.72. The summed E-state index contributed by atoms with van der Waals surface area (Å²) in [4.78, 5) is 2.30. The van der Waals surface area contributed by atoms with Crippen molar-refractivity contribution in [3.8, 4) is 5.75 Å². The van der Waals surface area contributed by atoms with Crippen LogP contribution in [0.25, 0.3) is 0 Å². The van der Waals surface area contributed by atoms with Crippen molar-refractivity contribution < 1.29 is 4.74 Å². The maximum atomic E-state index is 7.35. The van der Waals surface area contributed by atoms with Crippen LogP contribution in [0.1, 0.15) is 19.4 Å². The molecule has 0 bridgehead atoms. The average molecular weight is 235 g/mol. The Hall–Kier alpha value is -1.55. The normalized spacial score (nSPS) is 10.5. The Balaban J connectivity index is 2.46. The van der Waals surface area contributed by atoms with E-state index in [1.165, 1.54) is 0 Å². The van der Waals surface area contributed by atoms with Gasteiger partial charge in [-0.2, -0.15) is 0 Å². The lowest BCUT2D eigenvalue weighted by Crippen LogP contribution is -2.27. The smallest absolute Gasteiger partial charge is 0.122 e. The number of ether oxygens (including phenoxy) is 1. The summed E-state index contributed by atoms with van der Waals surface area (Å²) in [6.07, 6.45) is 0. The molecule has 0 aliphatic heterocycles. The Kier molecular flexibility index (Phi) is 5.49. The monoisotopic (exact) mass is 235 g/mol. The molecule has 4 heteroatoms. The van der Waals surface area contributed by atoms with Crippen LogP contribution in [-0.4, -0.2) is 37.0 Å². The zero-order chi connectivity index (χ0) is 12.7. The fourth-order valence-electron chi connectivity index (χ4n) is 1.59. The van der Waals surface area contributed by atoms with E-state index in [4.69, 9.17) is 15.9 Å². The van der Waals surface area contributed by atoms with Crippen molar-refractivity contribution in [3.63, 3.8) is 0 Å². The molecule has 3 N–H and O–H groups in total. The molecule has 0 fully saturated rings. The number of benzene rings is 1. The number of nitrogens with zero attached hydrogens (tertiary/aromatic N) is 1. The standard InChI is InChI=1S/C13H21N3O/c1-3-16(4-2)8-9-17-12-7-5-6-11(10-12)13(14)15/h5-7,10H,3-4,8-9H2,1-2H3,(H3,14,15). The van der Waals surface area contributed by atoms with Crippen LogP contribution in [0, 0.1) is 5.41 Å². The second-order valence-electron chi connectivity index (χ2n) is 3.82. The number of nitrogens with one attached hydrogen (secondary N) is 1. The van der Waals surface area contributed by atoms with Crippen LogP contribution in [0.15, 0.2) is 24.3 Å². The first-order valence-corrected chi connectivity index (χ1v) is 5.97. The molecule has 1 aromatic carbocycles. The van der Waals surface area contributed by atoms with Crippen molar-refractivity contribution in [2.45, 2.75) is 13.8 Å². The van der Waals surface area contributed by atoms with Crippen molar-refractivity contribution in [2.24, 2.45) is 5.73 Å². The van der Waals surface area contributed by atoms with E-state index in [-0.39, 0.29) is 5.84 Å². The molecule has 0 unspecified atom stereocenters. The predicted molar refractivity (Wildman–Crippen MR) is 70.7 cm³/mol. The highest BCUT2D eigenvalue weighted by Crippen LogP contribution is 2.12. The molecule has 0 spiro atoms. The first kappa shape index (κ1) is 13.5. The van der Waals surface area contributed by atoms with E-state index in [0.717, 1.165) is 25.4 Å². The third kappa shape index (κ3) is 4.44. The Bertz CT molecular complexity index is 361. The maximum Gasteiger partial charge on any atom is 0.122 e. The molecule has 0 atom stereocenters. The lowest BCUT2D eigenvalue weighted by molar-refractivity contribution is 0.223. The van der Waals surface area contributed by atoms with Gasteiger partial charge in [0.05, 0.1) is 0 Å². The number of rotatable bonds is 7. The van der Waals surface area contributed by atoms with Crippen molar-refractivity contribution in [1.82, 2.24) is 4.90 Å². The Morgan fingerprint density at radius 3 is 2.65 bits per heavy atom. The largest absolute Gasteiger partial charge is 0.492 e. The summed E-state index contributed by atoms with van der Waals surface area (Å²) in [7, 11) is 0. The molecule has 0 aliphatic carbocycles. The highest BCUT2D eigenvalue weighted by molar-refractivity contribution is 5.95. The zero-order valence-electron chi connectivity index (χ0n) is 10.6. The van der Waals surface area contributed by atoms with E-state index in [2.05, 4.69) is 18.7 Å². The minimum absolute atomic E-state index is 0.0687. The Morgan fingerprint density at radius 1 is 1.35 bits per heavy atom. The highest BCUT2D eigenvalue weighted by Gasteiger charge is 2.01. The SMILES string of the molecule is CCN(CC)CCOc1cccc(C(=N)N)c1. The molecule has 0 amide bonds. The van der Waals surface area contributed by atoms with Gasteiger partial charge in [0.1, 0.15) is 18.2 Å². The van der Waals surface area contributed by atoms with Crippen molar-refractivity contribution >= 4 is 5.84 Å². The summed E-state index contributed by atoms with van der Waals surface area (Å²) < 4.78 is 5.64. The van der Waals surface area contributed by atoms with E-state index >= 15 is 0 Å². The number of hydrogen-bond donors (Lipinski definition) is 2. The van der Waals surface area contributed by atoms with Crippen LogP contribution < -0.4 is 10.5 Å². The minimum Gasteiger partial charge on any atom is -0.492 e. The Morgan fingerprint density at radius 2 is 2.06 bits per heavy atom. The molecule has 1 rings (SSSR count). The first-order chi connectivity index (χ1) is 8.17. The third-order valence-electron chi connectivity index (χ3n) is 2.72. The molecule has 0 saturated carbocycles. The van der Waals surface area contributed by atoms with Gasteiger partial charge in [-0.15, -0.1) is 0 Å². The quantitative estimate of drug-likeness (QED) is 0.558. The van der Waals surface area contributed by atoms with E-state index in [1.54, 1.807) is 12.1 Å². The molecular weight excluding hydrogens is 214 g/mol. The van der Waals surface area contributed by atoms with Gasteiger partial charge in [0.25, 0.3) is 0 Å². The maximum absolute atomic E-state index is 7.35. The molecule has 0 aromatic heterocycles. The van der Waals surface area contributed by atoms with Gasteiger partial charge < -0.3 is 15.4 Å². The van der Waals surface area contributed by atoms with Gasteiger partial charge in [-0.1, -0.05) is 26.0 Å². The van der Waals surface area contributed by atoms with Gasteiger partial charge in [0.15, 0.2) is 0 Å².